The largest absolute Gasteiger partial charge is 0.328 e. The van der Waals surface area contributed by atoms with Crippen LogP contribution in [0, 0.1) is 0 Å². The second-order valence-corrected chi connectivity index (χ2v) is 5.90. The Balaban J connectivity index is 1.94. The van der Waals surface area contributed by atoms with E-state index < -0.39 is 11.2 Å². The Hall–Kier alpha value is -1.46. The molecule has 19 heavy (non-hydrogen) atoms. The van der Waals surface area contributed by atoms with Gasteiger partial charge in [-0.3, -0.25) is 14.3 Å². The molecule has 1 unspecified atom stereocenters. The summed E-state index contributed by atoms with van der Waals surface area (Å²) in [7, 11) is 0. The van der Waals surface area contributed by atoms with Crippen LogP contribution in [0.3, 0.4) is 0 Å². The fourth-order valence-corrected chi connectivity index (χ4v) is 3.64. The highest BCUT2D eigenvalue weighted by molar-refractivity contribution is 7.99. The number of hydrogen-bond donors (Lipinski definition) is 1. The van der Waals surface area contributed by atoms with Crippen LogP contribution in [-0.4, -0.2) is 15.3 Å². The second kappa shape index (κ2) is 4.90. The molecule has 0 aliphatic carbocycles. The molecule has 1 atom stereocenters. The summed E-state index contributed by atoms with van der Waals surface area (Å²) >= 11 is 7.55. The maximum Gasteiger partial charge on any atom is 0.328 e. The lowest BCUT2D eigenvalue weighted by atomic mass is 10.0. The van der Waals surface area contributed by atoms with Crippen LogP contribution in [0.4, 0.5) is 0 Å². The molecule has 4 nitrogen and oxygen atoms in total. The zero-order chi connectivity index (χ0) is 13.4. The van der Waals surface area contributed by atoms with Crippen molar-refractivity contribution in [3.63, 3.8) is 0 Å². The van der Waals surface area contributed by atoms with E-state index >= 15 is 0 Å². The molecule has 1 aliphatic rings. The van der Waals surface area contributed by atoms with Gasteiger partial charge < -0.3 is 0 Å². The third-order valence-corrected chi connectivity index (χ3v) is 4.70. The van der Waals surface area contributed by atoms with E-state index in [1.165, 1.54) is 21.2 Å². The minimum absolute atomic E-state index is 0.0403. The van der Waals surface area contributed by atoms with Crippen LogP contribution in [0.1, 0.15) is 11.5 Å². The van der Waals surface area contributed by atoms with Gasteiger partial charge in [0.05, 0.1) is 0 Å². The number of fused-ring (bicyclic) bond motifs is 1. The average molecular weight is 295 g/mol. The first-order valence-corrected chi connectivity index (χ1v) is 7.22. The van der Waals surface area contributed by atoms with Crippen LogP contribution in [-0.2, 0) is 6.54 Å². The lowest BCUT2D eigenvalue weighted by Gasteiger charge is -2.12. The van der Waals surface area contributed by atoms with E-state index in [2.05, 4.69) is 17.1 Å². The van der Waals surface area contributed by atoms with Crippen LogP contribution in [0.15, 0.2) is 44.9 Å². The van der Waals surface area contributed by atoms with Crippen LogP contribution < -0.4 is 11.2 Å². The molecule has 0 saturated heterocycles. The zero-order valence-corrected chi connectivity index (χ0v) is 11.5. The molecule has 98 valence electrons. The number of aromatic amines is 1. The van der Waals surface area contributed by atoms with Crippen molar-refractivity contribution in [2.45, 2.75) is 17.4 Å². The van der Waals surface area contributed by atoms with E-state index in [4.69, 9.17) is 11.6 Å². The maximum absolute atomic E-state index is 11.7. The van der Waals surface area contributed by atoms with Crippen LogP contribution in [0.5, 0.6) is 0 Å². The maximum atomic E-state index is 11.7. The van der Waals surface area contributed by atoms with Gasteiger partial charge in [0.25, 0.3) is 5.56 Å². The highest BCUT2D eigenvalue weighted by atomic mass is 35.5. The number of hydrogen-bond acceptors (Lipinski definition) is 3. The van der Waals surface area contributed by atoms with Gasteiger partial charge in [-0.25, -0.2) is 4.79 Å². The highest BCUT2D eigenvalue weighted by Crippen LogP contribution is 2.39. The first-order valence-electron chi connectivity index (χ1n) is 5.86. The molecular formula is C13H11ClN2O2S. The number of H-pyrrole nitrogens is 1. The topological polar surface area (TPSA) is 54.9 Å². The SMILES string of the molecule is O=c1[nH]c(=O)n(CC2CSc3ccccc32)cc1Cl. The molecule has 2 heterocycles. The van der Waals surface area contributed by atoms with Crippen molar-refractivity contribution in [3.8, 4) is 0 Å². The van der Waals surface area contributed by atoms with Gasteiger partial charge in [-0.05, 0) is 11.6 Å². The minimum Gasteiger partial charge on any atom is -0.298 e. The van der Waals surface area contributed by atoms with E-state index in [1.54, 1.807) is 11.8 Å². The molecule has 0 saturated carbocycles. The number of benzene rings is 1. The average Bonchev–Trinajstić information content (AvgIpc) is 2.80. The van der Waals surface area contributed by atoms with Crippen LogP contribution >= 0.6 is 23.4 Å². The third kappa shape index (κ3) is 2.35. The summed E-state index contributed by atoms with van der Waals surface area (Å²) in [5.74, 6) is 1.20. The normalized spacial score (nSPS) is 17.4. The molecule has 0 spiro atoms. The van der Waals surface area contributed by atoms with E-state index in [0.717, 1.165) is 5.75 Å². The number of aromatic nitrogens is 2. The Bertz CT molecular complexity index is 738. The van der Waals surface area contributed by atoms with Gasteiger partial charge >= 0.3 is 5.69 Å². The van der Waals surface area contributed by atoms with Crippen molar-refractivity contribution >= 4 is 23.4 Å². The lowest BCUT2D eigenvalue weighted by molar-refractivity contribution is 0.573. The number of rotatable bonds is 2. The van der Waals surface area contributed by atoms with Crippen molar-refractivity contribution in [1.29, 1.82) is 0 Å². The van der Waals surface area contributed by atoms with Gasteiger partial charge in [-0.15, -0.1) is 11.8 Å². The van der Waals surface area contributed by atoms with E-state index in [1.807, 2.05) is 12.1 Å². The van der Waals surface area contributed by atoms with E-state index in [-0.39, 0.29) is 10.9 Å². The highest BCUT2D eigenvalue weighted by Gasteiger charge is 2.23. The summed E-state index contributed by atoms with van der Waals surface area (Å²) in [6, 6.07) is 8.18. The predicted molar refractivity (Wildman–Crippen MR) is 76.2 cm³/mol. The summed E-state index contributed by atoms with van der Waals surface area (Å²) in [5, 5.41) is 0.0403. The molecule has 2 aromatic rings. The van der Waals surface area contributed by atoms with Crippen molar-refractivity contribution in [2.75, 3.05) is 5.75 Å². The number of thioether (sulfide) groups is 1. The Kier molecular flexibility index (Phi) is 3.24. The smallest absolute Gasteiger partial charge is 0.298 e. The number of nitrogens with zero attached hydrogens (tertiary/aromatic N) is 1. The number of halogens is 1. The van der Waals surface area contributed by atoms with Gasteiger partial charge in [0.2, 0.25) is 0 Å². The predicted octanol–water partition coefficient (Wildman–Crippen LogP) is 2.08. The first kappa shape index (κ1) is 12.6. The molecule has 1 N–H and O–H groups in total. The molecule has 0 fully saturated rings. The lowest BCUT2D eigenvalue weighted by Crippen LogP contribution is -2.31. The molecule has 3 rings (SSSR count). The van der Waals surface area contributed by atoms with Crippen molar-refractivity contribution < 1.29 is 0 Å². The zero-order valence-electron chi connectivity index (χ0n) is 9.93. The molecule has 1 aliphatic heterocycles. The molecule has 1 aromatic carbocycles. The van der Waals surface area contributed by atoms with Gasteiger partial charge in [-0.1, -0.05) is 29.8 Å². The van der Waals surface area contributed by atoms with Gasteiger partial charge in [-0.2, -0.15) is 0 Å². The van der Waals surface area contributed by atoms with Gasteiger partial charge in [0.1, 0.15) is 5.02 Å². The minimum atomic E-state index is -0.538. The molecule has 6 heteroatoms. The summed E-state index contributed by atoms with van der Waals surface area (Å²) in [6.45, 7) is 0.527. The molecule has 0 radical (unpaired) electrons. The van der Waals surface area contributed by atoms with Gasteiger partial charge in [0, 0.05) is 29.3 Å². The Morgan fingerprint density at radius 1 is 1.37 bits per heavy atom. The standard InChI is InChI=1S/C13H11ClN2O2S/c14-10-6-16(13(18)15-12(10)17)5-8-7-19-11-4-2-1-3-9(8)11/h1-4,6,8H,5,7H2,(H,15,17,18). The second-order valence-electron chi connectivity index (χ2n) is 4.43. The van der Waals surface area contributed by atoms with E-state index in [9.17, 15) is 9.59 Å². The Morgan fingerprint density at radius 2 is 2.16 bits per heavy atom. The molecular weight excluding hydrogens is 284 g/mol. The van der Waals surface area contributed by atoms with E-state index in [0.29, 0.717) is 6.54 Å². The third-order valence-electron chi connectivity index (χ3n) is 3.18. The van der Waals surface area contributed by atoms with Crippen molar-refractivity contribution in [1.82, 2.24) is 9.55 Å². The first-order chi connectivity index (χ1) is 9.15. The summed E-state index contributed by atoms with van der Waals surface area (Å²) in [5.41, 5.74) is 0.301. The Morgan fingerprint density at radius 3 is 3.00 bits per heavy atom. The quantitative estimate of drug-likeness (QED) is 0.922. The molecule has 0 amide bonds. The number of nitrogens with one attached hydrogen (secondary N) is 1. The van der Waals surface area contributed by atoms with Crippen molar-refractivity contribution in [3.05, 3.63) is 61.9 Å². The summed E-state index contributed by atoms with van der Waals surface area (Å²) < 4.78 is 1.47. The van der Waals surface area contributed by atoms with Crippen LogP contribution in [0.25, 0.3) is 0 Å². The summed E-state index contributed by atoms with van der Waals surface area (Å²) in [4.78, 5) is 26.4. The molecule has 0 bridgehead atoms. The van der Waals surface area contributed by atoms with Crippen molar-refractivity contribution in [2.24, 2.45) is 0 Å². The fourth-order valence-electron chi connectivity index (χ4n) is 2.24. The van der Waals surface area contributed by atoms with Crippen LogP contribution in [0.2, 0.25) is 5.02 Å². The Labute approximate surface area is 118 Å². The monoisotopic (exact) mass is 294 g/mol. The summed E-state index contributed by atoms with van der Waals surface area (Å²) in [6.07, 6.45) is 1.41. The molecule has 1 aromatic heterocycles. The van der Waals surface area contributed by atoms with Gasteiger partial charge in [0.15, 0.2) is 0 Å². The fraction of sp³-hybridized carbons (Fsp3) is 0.231.